The fourth-order valence-electron chi connectivity index (χ4n) is 1.27. The molecule has 5 nitrogen and oxygen atoms in total. The Bertz CT molecular complexity index is 490. The highest BCUT2D eigenvalue weighted by molar-refractivity contribution is 5.39. The molecule has 6 heteroatoms. The number of pyridine rings is 2. The third kappa shape index (κ3) is 2.32. The Hall–Kier alpha value is -2.01. The number of nitro groups is 1. The third-order valence-corrected chi connectivity index (χ3v) is 1.92. The van der Waals surface area contributed by atoms with Gasteiger partial charge in [0.05, 0.1) is 17.3 Å². The maximum absolute atomic E-state index is 10.7. The molecule has 0 radical (unpaired) electrons. The van der Waals surface area contributed by atoms with Crippen LogP contribution in [0.25, 0.3) is 5.82 Å². The van der Waals surface area contributed by atoms with E-state index in [1.54, 1.807) is 35.2 Å². The lowest BCUT2D eigenvalue weighted by molar-refractivity contribution is -0.604. The van der Waals surface area contributed by atoms with E-state index >= 15 is 0 Å². The molecule has 0 aliphatic carbocycles. The van der Waals surface area contributed by atoms with Crippen LogP contribution < -0.4 is 17.0 Å². The van der Waals surface area contributed by atoms with Crippen LogP contribution in [0.4, 0.5) is 5.69 Å². The van der Waals surface area contributed by atoms with E-state index in [0.717, 1.165) is 0 Å². The minimum atomic E-state index is -0.442. The van der Waals surface area contributed by atoms with E-state index in [4.69, 9.17) is 0 Å². The maximum Gasteiger partial charge on any atom is 0.406 e. The Labute approximate surface area is 97.9 Å². The number of aromatic nitrogens is 2. The predicted molar refractivity (Wildman–Crippen MR) is 52.4 cm³/mol. The van der Waals surface area contributed by atoms with E-state index in [0.29, 0.717) is 5.82 Å². The van der Waals surface area contributed by atoms with Crippen molar-refractivity contribution < 1.29 is 21.9 Å². The van der Waals surface area contributed by atoms with Crippen LogP contribution in [0.2, 0.25) is 0 Å². The highest BCUT2D eigenvalue weighted by Gasteiger charge is 2.22. The second-order valence-corrected chi connectivity index (χ2v) is 2.89. The van der Waals surface area contributed by atoms with Gasteiger partial charge in [0.15, 0.2) is 0 Å². The summed E-state index contributed by atoms with van der Waals surface area (Å²) in [7, 11) is 0. The molecule has 0 aliphatic rings. The van der Waals surface area contributed by atoms with Crippen molar-refractivity contribution in [3.05, 3.63) is 59.0 Å². The standard InChI is InChI=1S/C10H8N3O2.ClH/c14-13(15)9-5-4-6-11-10(9)12-7-2-1-3-8-12;/h1-8H;1H/q+1;/p-1. The molecule has 0 bridgehead atoms. The van der Waals surface area contributed by atoms with Gasteiger partial charge >= 0.3 is 11.5 Å². The van der Waals surface area contributed by atoms with Gasteiger partial charge in [-0.1, -0.05) is 6.07 Å². The Morgan fingerprint density at radius 3 is 2.50 bits per heavy atom. The summed E-state index contributed by atoms with van der Waals surface area (Å²) in [5.41, 5.74) is -0.00583. The van der Waals surface area contributed by atoms with Crippen LogP contribution >= 0.6 is 0 Å². The molecule has 0 saturated heterocycles. The topological polar surface area (TPSA) is 59.9 Å². The zero-order valence-electron chi connectivity index (χ0n) is 8.15. The Balaban J connectivity index is 0.00000128. The van der Waals surface area contributed by atoms with Crippen LogP contribution in [0.15, 0.2) is 48.9 Å². The monoisotopic (exact) mass is 237 g/mol. The third-order valence-electron chi connectivity index (χ3n) is 1.92. The molecule has 82 valence electrons. The van der Waals surface area contributed by atoms with Crippen molar-refractivity contribution in [1.29, 1.82) is 0 Å². The molecule has 0 N–H and O–H groups in total. The van der Waals surface area contributed by atoms with Gasteiger partial charge in [-0.2, -0.15) is 4.57 Å². The number of hydrogen-bond donors (Lipinski definition) is 0. The average Bonchev–Trinajstić information content (AvgIpc) is 2.30. The van der Waals surface area contributed by atoms with Gasteiger partial charge in [0.25, 0.3) is 0 Å². The fraction of sp³-hybridized carbons (Fsp3) is 0. The zero-order valence-corrected chi connectivity index (χ0v) is 8.91. The first-order chi connectivity index (χ1) is 7.29. The SMILES string of the molecule is O=[N+]([O-])c1cccnc1-[n+]1ccccc1.[Cl-]. The number of halogens is 1. The molecule has 0 aliphatic heterocycles. The number of nitrogens with zero attached hydrogens (tertiary/aromatic N) is 3. The summed E-state index contributed by atoms with van der Waals surface area (Å²) in [4.78, 5) is 14.3. The lowest BCUT2D eigenvalue weighted by Gasteiger charge is -1.95. The van der Waals surface area contributed by atoms with Gasteiger partial charge in [-0.05, 0) is 23.2 Å². The summed E-state index contributed by atoms with van der Waals surface area (Å²) in [6.45, 7) is 0. The molecule has 2 rings (SSSR count). The molecule has 2 aromatic rings. The zero-order chi connectivity index (χ0) is 10.7. The smallest absolute Gasteiger partial charge is 0.406 e. The fourth-order valence-corrected chi connectivity index (χ4v) is 1.27. The van der Waals surface area contributed by atoms with Gasteiger partial charge in [0, 0.05) is 6.07 Å². The largest absolute Gasteiger partial charge is 1.00 e. The summed E-state index contributed by atoms with van der Waals surface area (Å²) in [5, 5.41) is 10.7. The predicted octanol–water partition coefficient (Wildman–Crippen LogP) is -1.73. The van der Waals surface area contributed by atoms with Crippen LogP contribution in [0, 0.1) is 10.1 Å². The lowest BCUT2D eigenvalue weighted by Crippen LogP contribution is -3.00. The molecule has 2 aromatic heterocycles. The normalized spacial score (nSPS) is 9.25. The van der Waals surface area contributed by atoms with Gasteiger partial charge in [-0.15, -0.1) is 0 Å². The highest BCUT2D eigenvalue weighted by atomic mass is 35.5. The maximum atomic E-state index is 10.7. The van der Waals surface area contributed by atoms with Crippen LogP contribution in [0.1, 0.15) is 0 Å². The summed E-state index contributed by atoms with van der Waals surface area (Å²) >= 11 is 0. The van der Waals surface area contributed by atoms with Gasteiger partial charge in [0.1, 0.15) is 6.20 Å². The van der Waals surface area contributed by atoms with Crippen molar-refractivity contribution in [1.82, 2.24) is 4.98 Å². The van der Waals surface area contributed by atoms with Gasteiger partial charge < -0.3 is 12.4 Å². The van der Waals surface area contributed by atoms with Crippen molar-refractivity contribution in [2.45, 2.75) is 0 Å². The van der Waals surface area contributed by atoms with E-state index in [2.05, 4.69) is 4.98 Å². The highest BCUT2D eigenvalue weighted by Crippen LogP contribution is 2.13. The van der Waals surface area contributed by atoms with E-state index in [1.807, 2.05) is 6.07 Å². The molecular weight excluding hydrogens is 230 g/mol. The lowest BCUT2D eigenvalue weighted by atomic mass is 10.4. The second kappa shape index (κ2) is 5.18. The first kappa shape index (κ1) is 12.1. The van der Waals surface area contributed by atoms with Crippen LogP contribution in [0.5, 0.6) is 0 Å². The quantitative estimate of drug-likeness (QED) is 0.354. The second-order valence-electron chi connectivity index (χ2n) is 2.89. The van der Waals surface area contributed by atoms with Crippen LogP contribution in [-0.4, -0.2) is 9.91 Å². The van der Waals surface area contributed by atoms with Gasteiger partial charge in [0.2, 0.25) is 0 Å². The van der Waals surface area contributed by atoms with Crippen molar-refractivity contribution >= 4 is 5.69 Å². The van der Waals surface area contributed by atoms with E-state index < -0.39 is 4.92 Å². The summed E-state index contributed by atoms with van der Waals surface area (Å²) in [6.07, 6.45) is 4.97. The van der Waals surface area contributed by atoms with Gasteiger partial charge in [-0.25, -0.2) is 0 Å². The van der Waals surface area contributed by atoms with E-state index in [1.165, 1.54) is 12.3 Å². The van der Waals surface area contributed by atoms with Crippen molar-refractivity contribution in [3.8, 4) is 5.82 Å². The van der Waals surface area contributed by atoms with Crippen molar-refractivity contribution in [2.24, 2.45) is 0 Å². The van der Waals surface area contributed by atoms with Crippen LogP contribution in [0.3, 0.4) is 0 Å². The molecule has 0 atom stereocenters. The number of rotatable bonds is 2. The van der Waals surface area contributed by atoms with Crippen molar-refractivity contribution in [2.75, 3.05) is 0 Å². The first-order valence-corrected chi connectivity index (χ1v) is 4.35. The molecule has 0 amide bonds. The number of hydrogen-bond acceptors (Lipinski definition) is 3. The summed E-state index contributed by atoms with van der Waals surface area (Å²) in [6, 6.07) is 8.40. The molecule has 0 saturated carbocycles. The minimum absolute atomic E-state index is 0. The minimum Gasteiger partial charge on any atom is -1.00 e. The first-order valence-electron chi connectivity index (χ1n) is 4.35. The van der Waals surface area contributed by atoms with E-state index in [9.17, 15) is 10.1 Å². The average molecular weight is 238 g/mol. The van der Waals surface area contributed by atoms with Gasteiger partial charge in [-0.3, -0.25) is 10.1 Å². The summed E-state index contributed by atoms with van der Waals surface area (Å²) in [5.74, 6) is 0.322. The Morgan fingerprint density at radius 2 is 1.88 bits per heavy atom. The molecule has 0 spiro atoms. The van der Waals surface area contributed by atoms with Crippen LogP contribution in [-0.2, 0) is 0 Å². The van der Waals surface area contributed by atoms with Crippen molar-refractivity contribution in [3.63, 3.8) is 0 Å². The Kier molecular flexibility index (Phi) is 3.90. The molecule has 0 unspecified atom stereocenters. The summed E-state index contributed by atoms with van der Waals surface area (Å²) < 4.78 is 1.61. The molecular formula is C10H8ClN3O2. The molecule has 0 aromatic carbocycles. The molecule has 2 heterocycles. The Morgan fingerprint density at radius 1 is 1.19 bits per heavy atom. The molecule has 0 fully saturated rings. The molecule has 16 heavy (non-hydrogen) atoms. The van der Waals surface area contributed by atoms with E-state index in [-0.39, 0.29) is 18.1 Å².